The summed E-state index contributed by atoms with van der Waals surface area (Å²) < 4.78 is 44.4. The first-order chi connectivity index (χ1) is 15.2. The lowest BCUT2D eigenvalue weighted by molar-refractivity contribution is -0.137. The Balaban J connectivity index is 1.71. The summed E-state index contributed by atoms with van der Waals surface area (Å²) in [5.74, 6) is 0.724. The lowest BCUT2D eigenvalue weighted by Gasteiger charge is -2.26. The molecule has 0 aliphatic carbocycles. The van der Waals surface area contributed by atoms with Crippen molar-refractivity contribution in [1.82, 2.24) is 10.2 Å². The molecule has 0 unspecified atom stereocenters. The molecule has 2 amide bonds. The van der Waals surface area contributed by atoms with E-state index in [2.05, 4.69) is 10.5 Å². The van der Waals surface area contributed by atoms with Gasteiger partial charge in [-0.3, -0.25) is 0 Å². The van der Waals surface area contributed by atoms with E-state index >= 15 is 0 Å². The molecule has 1 heterocycles. The number of alkyl halides is 3. The molecule has 32 heavy (non-hydrogen) atoms. The number of nitrogens with zero attached hydrogens (tertiary/aromatic N) is 2. The summed E-state index contributed by atoms with van der Waals surface area (Å²) >= 11 is 0. The number of oxime groups is 1. The summed E-state index contributed by atoms with van der Waals surface area (Å²) in [6, 6.07) is 11.9. The minimum absolute atomic E-state index is 0.0141. The Labute approximate surface area is 185 Å². The van der Waals surface area contributed by atoms with Gasteiger partial charge in [0.15, 0.2) is 6.10 Å². The zero-order valence-electron chi connectivity index (χ0n) is 18.1. The van der Waals surface area contributed by atoms with Crippen LogP contribution in [0.25, 0.3) is 0 Å². The van der Waals surface area contributed by atoms with Crippen LogP contribution in [0.15, 0.2) is 53.7 Å². The van der Waals surface area contributed by atoms with Crippen molar-refractivity contribution < 1.29 is 27.5 Å². The van der Waals surface area contributed by atoms with Crippen molar-refractivity contribution in [3.05, 3.63) is 65.2 Å². The average molecular weight is 449 g/mol. The number of urea groups is 1. The molecule has 2 aromatic rings. The zero-order chi connectivity index (χ0) is 23.3. The molecule has 172 valence electrons. The Morgan fingerprint density at radius 3 is 2.59 bits per heavy atom. The predicted octanol–water partition coefficient (Wildman–Crippen LogP) is 4.83. The SMILES string of the molecule is COc1ccc(C2=NO[C@@H](CN(Cc3cccc(C(F)(F)F)c3)C(=O)NC(C)C)C2)cc1. The fourth-order valence-corrected chi connectivity index (χ4v) is 3.35. The molecular weight excluding hydrogens is 423 g/mol. The van der Waals surface area contributed by atoms with Crippen LogP contribution >= 0.6 is 0 Å². The molecule has 0 aromatic heterocycles. The largest absolute Gasteiger partial charge is 0.497 e. The van der Waals surface area contributed by atoms with Gasteiger partial charge in [-0.2, -0.15) is 13.2 Å². The van der Waals surface area contributed by atoms with E-state index in [0.29, 0.717) is 12.0 Å². The maximum absolute atomic E-state index is 13.1. The van der Waals surface area contributed by atoms with Crippen LogP contribution < -0.4 is 10.1 Å². The van der Waals surface area contributed by atoms with Crippen LogP contribution in [0, 0.1) is 0 Å². The van der Waals surface area contributed by atoms with Crippen LogP contribution in [0.4, 0.5) is 18.0 Å². The third kappa shape index (κ3) is 6.15. The minimum atomic E-state index is -4.45. The number of carbonyl (C=O) groups is 1. The second-order valence-corrected chi connectivity index (χ2v) is 7.88. The predicted molar refractivity (Wildman–Crippen MR) is 115 cm³/mol. The molecule has 1 aliphatic heterocycles. The molecule has 0 spiro atoms. The van der Waals surface area contributed by atoms with Gasteiger partial charge in [0.1, 0.15) is 5.75 Å². The standard InChI is InChI=1S/C23H26F3N3O3/c1-15(2)27-22(30)29(13-16-5-4-6-18(11-16)23(24,25)26)14-20-12-21(28-32-20)17-7-9-19(31-3)10-8-17/h4-11,15,20H,12-14H2,1-3H3,(H,27,30)/t20-/m1/s1. The maximum Gasteiger partial charge on any atom is 0.416 e. The number of amides is 2. The molecule has 1 aliphatic rings. The lowest BCUT2D eigenvalue weighted by Crippen LogP contribution is -2.45. The van der Waals surface area contributed by atoms with Gasteiger partial charge in [0.2, 0.25) is 0 Å². The van der Waals surface area contributed by atoms with Crippen molar-refractivity contribution in [2.45, 2.75) is 45.1 Å². The summed E-state index contributed by atoms with van der Waals surface area (Å²) in [5, 5.41) is 6.93. The molecule has 0 saturated carbocycles. The third-order valence-electron chi connectivity index (χ3n) is 4.91. The molecule has 3 rings (SSSR count). The third-order valence-corrected chi connectivity index (χ3v) is 4.91. The van der Waals surface area contributed by atoms with Crippen molar-refractivity contribution >= 4 is 11.7 Å². The molecule has 1 N–H and O–H groups in total. The zero-order valence-corrected chi connectivity index (χ0v) is 18.1. The van der Waals surface area contributed by atoms with E-state index in [0.717, 1.165) is 29.2 Å². The van der Waals surface area contributed by atoms with Crippen LogP contribution in [0.5, 0.6) is 5.75 Å². The first-order valence-electron chi connectivity index (χ1n) is 10.2. The number of ether oxygens (including phenoxy) is 1. The second kappa shape index (κ2) is 9.93. The van der Waals surface area contributed by atoms with Gasteiger partial charge in [0.25, 0.3) is 0 Å². The van der Waals surface area contributed by atoms with E-state index in [1.165, 1.54) is 11.0 Å². The molecule has 2 aromatic carbocycles. The Hall–Kier alpha value is -3.23. The number of hydrogen-bond donors (Lipinski definition) is 1. The molecule has 0 radical (unpaired) electrons. The van der Waals surface area contributed by atoms with Gasteiger partial charge in [-0.15, -0.1) is 0 Å². The summed E-state index contributed by atoms with van der Waals surface area (Å²) in [7, 11) is 1.59. The summed E-state index contributed by atoms with van der Waals surface area (Å²) in [5.41, 5.74) is 1.25. The van der Waals surface area contributed by atoms with E-state index in [4.69, 9.17) is 9.57 Å². The fraction of sp³-hybridized carbons (Fsp3) is 0.391. The number of carbonyl (C=O) groups excluding carboxylic acids is 1. The molecule has 1 atom stereocenters. The van der Waals surface area contributed by atoms with Gasteiger partial charge in [-0.25, -0.2) is 4.79 Å². The topological polar surface area (TPSA) is 63.2 Å². The quantitative estimate of drug-likeness (QED) is 0.659. The first kappa shape index (κ1) is 23.4. The highest BCUT2D eigenvalue weighted by molar-refractivity contribution is 6.01. The van der Waals surface area contributed by atoms with Crippen molar-refractivity contribution in [2.24, 2.45) is 5.16 Å². The number of halogens is 3. The van der Waals surface area contributed by atoms with Gasteiger partial charge in [0.05, 0.1) is 24.9 Å². The lowest BCUT2D eigenvalue weighted by atomic mass is 10.0. The van der Waals surface area contributed by atoms with E-state index < -0.39 is 17.8 Å². The van der Waals surface area contributed by atoms with Crippen LogP contribution in [-0.2, 0) is 17.6 Å². The summed E-state index contributed by atoms with van der Waals surface area (Å²) in [6.45, 7) is 3.83. The van der Waals surface area contributed by atoms with Gasteiger partial charge in [-0.05, 0) is 61.4 Å². The number of nitrogens with one attached hydrogen (secondary N) is 1. The van der Waals surface area contributed by atoms with E-state index in [1.807, 2.05) is 38.1 Å². The van der Waals surface area contributed by atoms with E-state index in [1.54, 1.807) is 13.2 Å². The van der Waals surface area contributed by atoms with E-state index in [9.17, 15) is 18.0 Å². The van der Waals surface area contributed by atoms with Crippen molar-refractivity contribution in [3.8, 4) is 5.75 Å². The number of rotatable bonds is 7. The Kier molecular flexibility index (Phi) is 7.27. The highest BCUT2D eigenvalue weighted by atomic mass is 19.4. The first-order valence-corrected chi connectivity index (χ1v) is 10.2. The highest BCUT2D eigenvalue weighted by Gasteiger charge is 2.31. The Bertz CT molecular complexity index is 959. The maximum atomic E-state index is 13.1. The molecule has 6 nitrogen and oxygen atoms in total. The fourth-order valence-electron chi connectivity index (χ4n) is 3.35. The number of benzene rings is 2. The van der Waals surface area contributed by atoms with Crippen LogP contribution in [0.3, 0.4) is 0 Å². The van der Waals surface area contributed by atoms with Gasteiger partial charge in [-0.1, -0.05) is 17.3 Å². The minimum Gasteiger partial charge on any atom is -0.497 e. The van der Waals surface area contributed by atoms with Gasteiger partial charge in [0, 0.05) is 19.0 Å². The van der Waals surface area contributed by atoms with Crippen molar-refractivity contribution in [2.75, 3.05) is 13.7 Å². The van der Waals surface area contributed by atoms with Crippen LogP contribution in [-0.4, -0.2) is 42.4 Å². The Morgan fingerprint density at radius 2 is 1.97 bits per heavy atom. The molecule has 0 fully saturated rings. The Morgan fingerprint density at radius 1 is 1.25 bits per heavy atom. The molecule has 0 saturated heterocycles. The average Bonchev–Trinajstić information content (AvgIpc) is 3.21. The van der Waals surface area contributed by atoms with Crippen LogP contribution in [0.1, 0.15) is 37.0 Å². The number of methoxy groups -OCH3 is 1. The highest BCUT2D eigenvalue weighted by Crippen LogP contribution is 2.30. The smallest absolute Gasteiger partial charge is 0.416 e. The van der Waals surface area contributed by atoms with E-state index in [-0.39, 0.29) is 25.2 Å². The van der Waals surface area contributed by atoms with Gasteiger partial charge >= 0.3 is 12.2 Å². The molecular formula is C23H26F3N3O3. The number of hydrogen-bond acceptors (Lipinski definition) is 4. The van der Waals surface area contributed by atoms with Gasteiger partial charge < -0.3 is 19.8 Å². The second-order valence-electron chi connectivity index (χ2n) is 7.88. The summed E-state index contributed by atoms with van der Waals surface area (Å²) in [4.78, 5) is 19.7. The van der Waals surface area contributed by atoms with Crippen molar-refractivity contribution in [3.63, 3.8) is 0 Å². The van der Waals surface area contributed by atoms with Crippen molar-refractivity contribution in [1.29, 1.82) is 0 Å². The normalized spacial score (nSPS) is 15.8. The summed E-state index contributed by atoms with van der Waals surface area (Å²) in [6.07, 6.45) is -4.38. The van der Waals surface area contributed by atoms with Crippen LogP contribution in [0.2, 0.25) is 0 Å². The molecule has 0 bridgehead atoms. The monoisotopic (exact) mass is 449 g/mol. The molecule has 9 heteroatoms.